The summed E-state index contributed by atoms with van der Waals surface area (Å²) in [7, 11) is 0. The van der Waals surface area contributed by atoms with Crippen LogP contribution in [0.4, 0.5) is 22.9 Å². The van der Waals surface area contributed by atoms with Crippen molar-refractivity contribution in [3.63, 3.8) is 0 Å². The molecular formula is C21H17ClN4. The standard InChI is InChI=1S/C21H17ClN4/c1-14-10-12-15(13-11-14)23-16-6-2-4-8-18(16)25-21-20(22)24-17-7-3-5-9-19(17)26-21/h2-13,23H,1H3,(H,25,26). The van der Waals surface area contributed by atoms with Gasteiger partial charge in [-0.2, -0.15) is 0 Å². The van der Waals surface area contributed by atoms with Crippen molar-refractivity contribution in [3.05, 3.63) is 83.5 Å². The third-order valence-corrected chi connectivity index (χ3v) is 4.30. The zero-order valence-corrected chi connectivity index (χ0v) is 15.0. The third kappa shape index (κ3) is 3.46. The molecule has 0 saturated carbocycles. The van der Waals surface area contributed by atoms with Crippen LogP contribution in [0.25, 0.3) is 11.0 Å². The molecule has 0 radical (unpaired) electrons. The first-order chi connectivity index (χ1) is 12.7. The van der Waals surface area contributed by atoms with E-state index in [1.807, 2.05) is 48.5 Å². The minimum Gasteiger partial charge on any atom is -0.354 e. The summed E-state index contributed by atoms with van der Waals surface area (Å²) in [6, 6.07) is 23.8. The molecule has 4 nitrogen and oxygen atoms in total. The number of halogens is 1. The Labute approximate surface area is 156 Å². The quantitative estimate of drug-likeness (QED) is 0.463. The van der Waals surface area contributed by atoms with Gasteiger partial charge in [-0.05, 0) is 43.3 Å². The monoisotopic (exact) mass is 360 g/mol. The molecule has 1 aromatic heterocycles. The maximum Gasteiger partial charge on any atom is 0.172 e. The zero-order chi connectivity index (χ0) is 17.9. The number of hydrogen-bond acceptors (Lipinski definition) is 4. The van der Waals surface area contributed by atoms with E-state index in [1.165, 1.54) is 5.56 Å². The van der Waals surface area contributed by atoms with Crippen LogP contribution in [0.15, 0.2) is 72.8 Å². The number of para-hydroxylation sites is 4. The topological polar surface area (TPSA) is 49.8 Å². The van der Waals surface area contributed by atoms with Crippen LogP contribution in [0.5, 0.6) is 0 Å². The van der Waals surface area contributed by atoms with Crippen molar-refractivity contribution in [2.24, 2.45) is 0 Å². The van der Waals surface area contributed by atoms with E-state index in [9.17, 15) is 0 Å². The van der Waals surface area contributed by atoms with Gasteiger partial charge < -0.3 is 10.6 Å². The minimum absolute atomic E-state index is 0.342. The first-order valence-corrected chi connectivity index (χ1v) is 8.69. The summed E-state index contributed by atoms with van der Waals surface area (Å²) < 4.78 is 0. The van der Waals surface area contributed by atoms with Crippen molar-refractivity contribution in [2.75, 3.05) is 10.6 Å². The molecule has 0 bridgehead atoms. The van der Waals surface area contributed by atoms with E-state index in [4.69, 9.17) is 11.6 Å². The highest BCUT2D eigenvalue weighted by atomic mass is 35.5. The van der Waals surface area contributed by atoms with Gasteiger partial charge in [0.25, 0.3) is 0 Å². The summed E-state index contributed by atoms with van der Waals surface area (Å²) in [5, 5.41) is 7.06. The van der Waals surface area contributed by atoms with Crippen molar-refractivity contribution in [2.45, 2.75) is 6.92 Å². The lowest BCUT2D eigenvalue weighted by atomic mass is 10.2. The van der Waals surface area contributed by atoms with Crippen molar-refractivity contribution in [1.29, 1.82) is 0 Å². The molecule has 0 fully saturated rings. The van der Waals surface area contributed by atoms with E-state index in [-0.39, 0.29) is 0 Å². The lowest BCUT2D eigenvalue weighted by Crippen LogP contribution is -2.01. The number of rotatable bonds is 4. The molecular weight excluding hydrogens is 344 g/mol. The molecule has 0 aliphatic rings. The van der Waals surface area contributed by atoms with Gasteiger partial charge in [0.15, 0.2) is 11.0 Å². The highest BCUT2D eigenvalue weighted by Crippen LogP contribution is 2.30. The molecule has 4 rings (SSSR count). The van der Waals surface area contributed by atoms with E-state index in [0.29, 0.717) is 11.0 Å². The van der Waals surface area contributed by atoms with Gasteiger partial charge in [0, 0.05) is 5.69 Å². The smallest absolute Gasteiger partial charge is 0.172 e. The average Bonchev–Trinajstić information content (AvgIpc) is 2.66. The number of fused-ring (bicyclic) bond motifs is 1. The van der Waals surface area contributed by atoms with E-state index in [0.717, 1.165) is 28.1 Å². The molecule has 1 heterocycles. The average molecular weight is 361 g/mol. The molecule has 26 heavy (non-hydrogen) atoms. The second kappa shape index (κ2) is 7.02. The highest BCUT2D eigenvalue weighted by molar-refractivity contribution is 6.32. The summed E-state index contributed by atoms with van der Waals surface area (Å²) in [5.74, 6) is 0.531. The number of aryl methyl sites for hydroxylation is 1. The van der Waals surface area contributed by atoms with Crippen LogP contribution in [-0.2, 0) is 0 Å². The fourth-order valence-electron chi connectivity index (χ4n) is 2.68. The summed E-state index contributed by atoms with van der Waals surface area (Å²) in [6.07, 6.45) is 0. The van der Waals surface area contributed by atoms with Crippen LogP contribution in [0.3, 0.4) is 0 Å². The van der Waals surface area contributed by atoms with E-state index < -0.39 is 0 Å². The van der Waals surface area contributed by atoms with Crippen molar-refractivity contribution >= 4 is 45.5 Å². The number of anilines is 4. The van der Waals surface area contributed by atoms with Gasteiger partial charge in [0.05, 0.1) is 22.4 Å². The molecule has 0 amide bonds. The van der Waals surface area contributed by atoms with E-state index >= 15 is 0 Å². The van der Waals surface area contributed by atoms with Gasteiger partial charge in [-0.3, -0.25) is 0 Å². The Morgan fingerprint density at radius 2 is 1.27 bits per heavy atom. The largest absolute Gasteiger partial charge is 0.354 e. The fraction of sp³-hybridized carbons (Fsp3) is 0.0476. The van der Waals surface area contributed by atoms with Gasteiger partial charge in [0.2, 0.25) is 0 Å². The Balaban J connectivity index is 1.66. The number of aromatic nitrogens is 2. The van der Waals surface area contributed by atoms with Crippen LogP contribution < -0.4 is 10.6 Å². The molecule has 0 aliphatic carbocycles. The first-order valence-electron chi connectivity index (χ1n) is 8.31. The Morgan fingerprint density at radius 3 is 1.96 bits per heavy atom. The van der Waals surface area contributed by atoms with Gasteiger partial charge in [-0.25, -0.2) is 9.97 Å². The van der Waals surface area contributed by atoms with Crippen LogP contribution in [-0.4, -0.2) is 9.97 Å². The lowest BCUT2D eigenvalue weighted by molar-refractivity contribution is 1.28. The van der Waals surface area contributed by atoms with Crippen molar-refractivity contribution < 1.29 is 0 Å². The maximum atomic E-state index is 6.33. The predicted octanol–water partition coefficient (Wildman–Crippen LogP) is 6.08. The lowest BCUT2D eigenvalue weighted by Gasteiger charge is -2.14. The number of hydrogen-bond donors (Lipinski definition) is 2. The van der Waals surface area contributed by atoms with Gasteiger partial charge in [-0.15, -0.1) is 0 Å². The summed E-state index contributed by atoms with van der Waals surface area (Å²) >= 11 is 6.33. The highest BCUT2D eigenvalue weighted by Gasteiger charge is 2.09. The fourth-order valence-corrected chi connectivity index (χ4v) is 2.86. The Hall–Kier alpha value is -3.11. The van der Waals surface area contributed by atoms with E-state index in [1.54, 1.807) is 0 Å². The molecule has 0 saturated heterocycles. The Bertz CT molecular complexity index is 1060. The molecule has 128 valence electrons. The zero-order valence-electron chi connectivity index (χ0n) is 14.2. The third-order valence-electron chi connectivity index (χ3n) is 4.04. The maximum absolute atomic E-state index is 6.33. The van der Waals surface area contributed by atoms with Crippen LogP contribution >= 0.6 is 11.6 Å². The van der Waals surface area contributed by atoms with Crippen molar-refractivity contribution in [1.82, 2.24) is 9.97 Å². The summed E-state index contributed by atoms with van der Waals surface area (Å²) in [5.41, 5.74) is 5.61. The Kier molecular flexibility index (Phi) is 4.42. The van der Waals surface area contributed by atoms with Gasteiger partial charge in [0.1, 0.15) is 0 Å². The number of nitrogens with one attached hydrogen (secondary N) is 2. The molecule has 2 N–H and O–H groups in total. The molecule has 0 spiro atoms. The first kappa shape index (κ1) is 16.4. The van der Waals surface area contributed by atoms with Crippen molar-refractivity contribution in [3.8, 4) is 0 Å². The molecule has 0 aliphatic heterocycles. The van der Waals surface area contributed by atoms with Crippen LogP contribution in [0, 0.1) is 6.92 Å². The number of nitrogens with zero attached hydrogens (tertiary/aromatic N) is 2. The molecule has 4 aromatic rings. The Morgan fingerprint density at radius 1 is 0.692 bits per heavy atom. The minimum atomic E-state index is 0.342. The number of benzene rings is 3. The van der Waals surface area contributed by atoms with E-state index in [2.05, 4.69) is 51.8 Å². The molecule has 3 aromatic carbocycles. The molecule has 5 heteroatoms. The van der Waals surface area contributed by atoms with Gasteiger partial charge in [-0.1, -0.05) is 53.6 Å². The molecule has 0 atom stereocenters. The van der Waals surface area contributed by atoms with Gasteiger partial charge >= 0.3 is 0 Å². The SMILES string of the molecule is Cc1ccc(Nc2ccccc2Nc2nc3ccccc3nc2Cl)cc1. The normalized spacial score (nSPS) is 10.7. The van der Waals surface area contributed by atoms with Crippen LogP contribution in [0.2, 0.25) is 5.15 Å². The van der Waals surface area contributed by atoms with Crippen LogP contribution in [0.1, 0.15) is 5.56 Å². The predicted molar refractivity (Wildman–Crippen MR) is 109 cm³/mol. The second-order valence-electron chi connectivity index (χ2n) is 6.01. The second-order valence-corrected chi connectivity index (χ2v) is 6.37. The summed E-state index contributed by atoms with van der Waals surface area (Å²) in [6.45, 7) is 2.07. The summed E-state index contributed by atoms with van der Waals surface area (Å²) in [4.78, 5) is 9.01. The molecule has 0 unspecified atom stereocenters.